The Kier molecular flexibility index (Phi) is 5.69. The Bertz CT molecular complexity index is 388. The van der Waals surface area contributed by atoms with E-state index in [4.69, 9.17) is 0 Å². The lowest BCUT2D eigenvalue weighted by atomic mass is 10.0. The quantitative estimate of drug-likeness (QED) is 0.614. The number of carbonyl (C=O) groups is 1. The highest BCUT2D eigenvalue weighted by molar-refractivity contribution is 9.10. The molecule has 0 aromatic heterocycles. The van der Waals surface area contributed by atoms with Crippen LogP contribution in [0.2, 0.25) is 0 Å². The van der Waals surface area contributed by atoms with E-state index in [2.05, 4.69) is 52.7 Å². The maximum absolute atomic E-state index is 11.2. The van der Waals surface area contributed by atoms with Gasteiger partial charge in [-0.05, 0) is 44.2 Å². The second kappa shape index (κ2) is 6.80. The van der Waals surface area contributed by atoms with Crippen LogP contribution in [0.25, 0.3) is 0 Å². The Morgan fingerprint density at radius 2 is 2.12 bits per heavy atom. The number of alkyl halides is 1. The number of methoxy groups -OCH3 is 1. The molecule has 0 aliphatic heterocycles. The normalized spacial score (nSPS) is 12.2. The number of hydrogen-bond acceptors (Lipinski definition) is 2. The van der Waals surface area contributed by atoms with Crippen LogP contribution in [0.3, 0.4) is 0 Å². The van der Waals surface area contributed by atoms with Crippen LogP contribution >= 0.6 is 15.9 Å². The lowest BCUT2D eigenvalue weighted by Gasteiger charge is -2.09. The van der Waals surface area contributed by atoms with Gasteiger partial charge in [0.1, 0.15) is 4.83 Å². The molecule has 1 rings (SSSR count). The van der Waals surface area contributed by atoms with Gasteiger partial charge >= 0.3 is 5.97 Å². The van der Waals surface area contributed by atoms with E-state index in [9.17, 15) is 4.79 Å². The van der Waals surface area contributed by atoms with E-state index in [1.807, 2.05) is 0 Å². The summed E-state index contributed by atoms with van der Waals surface area (Å²) in [5, 5.41) is 0. The number of aryl methyl sites for hydroxylation is 3. The molecule has 0 aliphatic carbocycles. The van der Waals surface area contributed by atoms with Crippen molar-refractivity contribution in [3.05, 3.63) is 34.9 Å². The van der Waals surface area contributed by atoms with Crippen LogP contribution in [-0.4, -0.2) is 17.9 Å². The molecule has 0 spiro atoms. The zero-order valence-corrected chi connectivity index (χ0v) is 12.2. The second-order valence-corrected chi connectivity index (χ2v) is 5.42. The molecule has 0 saturated carbocycles. The zero-order valence-electron chi connectivity index (χ0n) is 10.6. The van der Waals surface area contributed by atoms with Crippen molar-refractivity contribution in [2.45, 2.75) is 37.9 Å². The third-order valence-corrected chi connectivity index (χ3v) is 3.69. The first kappa shape index (κ1) is 14.2. The number of ether oxygens (including phenoxy) is 1. The molecule has 0 heterocycles. The molecule has 0 saturated heterocycles. The smallest absolute Gasteiger partial charge is 0.319 e. The first-order valence-corrected chi connectivity index (χ1v) is 6.74. The maximum Gasteiger partial charge on any atom is 0.319 e. The van der Waals surface area contributed by atoms with Crippen molar-refractivity contribution in [1.29, 1.82) is 0 Å². The van der Waals surface area contributed by atoms with Gasteiger partial charge < -0.3 is 4.74 Å². The maximum atomic E-state index is 11.2. The summed E-state index contributed by atoms with van der Waals surface area (Å²) in [7, 11) is 1.42. The van der Waals surface area contributed by atoms with Crippen LogP contribution in [0.15, 0.2) is 18.2 Å². The summed E-state index contributed by atoms with van der Waals surface area (Å²) in [5.74, 6) is -0.189. The van der Waals surface area contributed by atoms with Crippen LogP contribution < -0.4 is 0 Å². The average molecular weight is 299 g/mol. The fourth-order valence-electron chi connectivity index (χ4n) is 1.84. The predicted octanol–water partition coefficient (Wildman–Crippen LogP) is 3.56. The topological polar surface area (TPSA) is 26.3 Å². The van der Waals surface area contributed by atoms with Gasteiger partial charge in [0.15, 0.2) is 0 Å². The van der Waals surface area contributed by atoms with Crippen LogP contribution in [0.5, 0.6) is 0 Å². The van der Waals surface area contributed by atoms with Crippen LogP contribution in [0.1, 0.15) is 29.5 Å². The number of rotatable bonds is 5. The Morgan fingerprint density at radius 3 is 2.71 bits per heavy atom. The summed E-state index contributed by atoms with van der Waals surface area (Å²) in [6.07, 6.45) is 2.79. The monoisotopic (exact) mass is 298 g/mol. The third kappa shape index (κ3) is 4.50. The first-order valence-electron chi connectivity index (χ1n) is 5.82. The molecule has 0 radical (unpaired) electrons. The van der Waals surface area contributed by atoms with Gasteiger partial charge in [-0.1, -0.05) is 39.7 Å². The summed E-state index contributed by atoms with van der Waals surface area (Å²) in [6, 6.07) is 6.50. The lowest BCUT2D eigenvalue weighted by molar-refractivity contribution is -0.139. The minimum atomic E-state index is -0.189. The summed E-state index contributed by atoms with van der Waals surface area (Å²) in [6.45, 7) is 4.23. The van der Waals surface area contributed by atoms with Crippen molar-refractivity contribution in [2.24, 2.45) is 0 Å². The van der Waals surface area contributed by atoms with Gasteiger partial charge in [-0.3, -0.25) is 4.79 Å². The van der Waals surface area contributed by atoms with E-state index in [0.717, 1.165) is 19.3 Å². The minimum absolute atomic E-state index is 0.182. The molecular weight excluding hydrogens is 280 g/mol. The Hall–Kier alpha value is -0.830. The number of esters is 1. The van der Waals surface area contributed by atoms with Gasteiger partial charge in [-0.15, -0.1) is 0 Å². The third-order valence-electron chi connectivity index (χ3n) is 2.86. The highest BCUT2D eigenvalue weighted by Gasteiger charge is 2.14. The summed E-state index contributed by atoms with van der Waals surface area (Å²) < 4.78 is 4.67. The lowest BCUT2D eigenvalue weighted by Crippen LogP contribution is -2.15. The van der Waals surface area contributed by atoms with E-state index in [1.54, 1.807) is 0 Å². The van der Waals surface area contributed by atoms with E-state index >= 15 is 0 Å². The van der Waals surface area contributed by atoms with Gasteiger partial charge in [-0.25, -0.2) is 0 Å². The second-order valence-electron chi connectivity index (χ2n) is 4.31. The molecule has 1 atom stereocenters. The summed E-state index contributed by atoms with van der Waals surface area (Å²) >= 11 is 3.33. The molecule has 1 aromatic rings. The summed E-state index contributed by atoms with van der Waals surface area (Å²) in [4.78, 5) is 11.0. The average Bonchev–Trinajstić information content (AvgIpc) is 2.30. The van der Waals surface area contributed by atoms with Crippen LogP contribution in [0.4, 0.5) is 0 Å². The molecule has 0 bridgehead atoms. The number of carbonyl (C=O) groups excluding carboxylic acids is 1. The standard InChI is InChI=1S/C14H19BrO2/c1-10-7-8-12(11(2)9-10)5-4-6-13(15)14(16)17-3/h7-9,13H,4-6H2,1-3H3. The Labute approximate surface area is 111 Å². The molecule has 94 valence electrons. The highest BCUT2D eigenvalue weighted by atomic mass is 79.9. The molecule has 0 amide bonds. The van der Waals surface area contributed by atoms with Crippen LogP contribution in [0, 0.1) is 13.8 Å². The number of benzene rings is 1. The molecule has 3 heteroatoms. The fourth-order valence-corrected chi connectivity index (χ4v) is 2.35. The van der Waals surface area contributed by atoms with Gasteiger partial charge in [0.2, 0.25) is 0 Å². The van der Waals surface area contributed by atoms with Gasteiger partial charge in [0, 0.05) is 0 Å². The van der Waals surface area contributed by atoms with Crippen molar-refractivity contribution >= 4 is 21.9 Å². The van der Waals surface area contributed by atoms with E-state index in [0.29, 0.717) is 0 Å². The number of halogens is 1. The van der Waals surface area contributed by atoms with E-state index in [-0.39, 0.29) is 10.8 Å². The van der Waals surface area contributed by atoms with E-state index < -0.39 is 0 Å². The van der Waals surface area contributed by atoms with Crippen molar-refractivity contribution in [2.75, 3.05) is 7.11 Å². The highest BCUT2D eigenvalue weighted by Crippen LogP contribution is 2.16. The summed E-state index contributed by atoms with van der Waals surface area (Å²) in [5.41, 5.74) is 3.98. The first-order chi connectivity index (χ1) is 8.04. The zero-order chi connectivity index (χ0) is 12.8. The molecule has 0 N–H and O–H groups in total. The van der Waals surface area contributed by atoms with Crippen molar-refractivity contribution in [1.82, 2.24) is 0 Å². The molecule has 1 aromatic carbocycles. The molecule has 2 nitrogen and oxygen atoms in total. The fraction of sp³-hybridized carbons (Fsp3) is 0.500. The molecule has 0 aliphatic rings. The number of hydrogen-bond donors (Lipinski definition) is 0. The van der Waals surface area contributed by atoms with Crippen LogP contribution in [-0.2, 0) is 16.0 Å². The van der Waals surface area contributed by atoms with Gasteiger partial charge in [0.25, 0.3) is 0 Å². The molecule has 17 heavy (non-hydrogen) atoms. The van der Waals surface area contributed by atoms with Crippen molar-refractivity contribution in [3.8, 4) is 0 Å². The largest absolute Gasteiger partial charge is 0.468 e. The van der Waals surface area contributed by atoms with Gasteiger partial charge in [0.05, 0.1) is 7.11 Å². The minimum Gasteiger partial charge on any atom is -0.468 e. The Morgan fingerprint density at radius 1 is 1.41 bits per heavy atom. The van der Waals surface area contributed by atoms with Crippen molar-refractivity contribution < 1.29 is 9.53 Å². The van der Waals surface area contributed by atoms with E-state index in [1.165, 1.54) is 23.8 Å². The molecule has 1 unspecified atom stereocenters. The van der Waals surface area contributed by atoms with Crippen molar-refractivity contribution in [3.63, 3.8) is 0 Å². The molecular formula is C14H19BrO2. The van der Waals surface area contributed by atoms with Gasteiger partial charge in [-0.2, -0.15) is 0 Å². The Balaban J connectivity index is 2.43. The predicted molar refractivity (Wildman–Crippen MR) is 73.6 cm³/mol. The molecule has 0 fully saturated rings. The SMILES string of the molecule is COC(=O)C(Br)CCCc1ccc(C)cc1C.